The van der Waals surface area contributed by atoms with Crippen LogP contribution in [0.4, 0.5) is 0 Å². The normalized spacial score (nSPS) is 25.9. The Morgan fingerprint density at radius 3 is 3.36 bits per heavy atom. The van der Waals surface area contributed by atoms with Gasteiger partial charge in [0.1, 0.15) is 0 Å². The maximum absolute atomic E-state index is 11.9. The van der Waals surface area contributed by atoms with Crippen LogP contribution in [0.25, 0.3) is 0 Å². The lowest BCUT2D eigenvalue weighted by Crippen LogP contribution is -2.35. The molecule has 1 aromatic heterocycles. The molecular formula is C11H13NOS. The summed E-state index contributed by atoms with van der Waals surface area (Å²) in [6.45, 7) is 0.985. The molecule has 14 heavy (non-hydrogen) atoms. The number of rotatable bonds is 0. The van der Waals surface area contributed by atoms with Crippen LogP contribution in [0.15, 0.2) is 11.4 Å². The molecule has 1 fully saturated rings. The molecule has 2 aliphatic heterocycles. The first kappa shape index (κ1) is 8.48. The van der Waals surface area contributed by atoms with Crippen LogP contribution >= 0.6 is 11.3 Å². The topological polar surface area (TPSA) is 20.3 Å². The quantitative estimate of drug-likeness (QED) is 0.635. The van der Waals surface area contributed by atoms with E-state index in [0.717, 1.165) is 13.0 Å². The minimum atomic E-state index is 0.341. The van der Waals surface area contributed by atoms with Gasteiger partial charge in [0.15, 0.2) is 0 Å². The maximum Gasteiger partial charge on any atom is 0.228 e. The number of hydrogen-bond donors (Lipinski definition) is 0. The minimum Gasteiger partial charge on any atom is -0.339 e. The average molecular weight is 207 g/mol. The van der Waals surface area contributed by atoms with Gasteiger partial charge in [0.2, 0.25) is 5.91 Å². The fourth-order valence-electron chi connectivity index (χ4n) is 2.57. The fraction of sp³-hybridized carbons (Fsp3) is 0.545. The van der Waals surface area contributed by atoms with E-state index in [2.05, 4.69) is 16.3 Å². The van der Waals surface area contributed by atoms with Crippen molar-refractivity contribution >= 4 is 17.2 Å². The largest absolute Gasteiger partial charge is 0.339 e. The molecule has 0 N–H and O–H groups in total. The predicted octanol–water partition coefficient (Wildman–Crippen LogP) is 1.84. The van der Waals surface area contributed by atoms with E-state index in [1.807, 2.05) is 0 Å². The molecule has 0 aromatic carbocycles. The lowest BCUT2D eigenvalue weighted by atomic mass is 10.1. The number of carbonyl (C=O) groups is 1. The van der Waals surface area contributed by atoms with E-state index >= 15 is 0 Å². The molecule has 74 valence electrons. The fourth-order valence-corrected chi connectivity index (χ4v) is 3.48. The van der Waals surface area contributed by atoms with E-state index in [0.29, 0.717) is 18.4 Å². The van der Waals surface area contributed by atoms with Gasteiger partial charge in [0.05, 0.1) is 6.42 Å². The molecule has 0 radical (unpaired) electrons. The number of nitrogens with zero attached hydrogens (tertiary/aromatic N) is 1. The summed E-state index contributed by atoms with van der Waals surface area (Å²) in [5, 5.41) is 2.11. The molecule has 0 spiro atoms. The SMILES string of the molecule is O=C1Cc2sccc2C[C@@H]2CCCN12. The van der Waals surface area contributed by atoms with E-state index in [-0.39, 0.29) is 0 Å². The molecule has 3 heteroatoms. The summed E-state index contributed by atoms with van der Waals surface area (Å²) in [6.07, 6.45) is 4.12. The molecule has 0 saturated carbocycles. The summed E-state index contributed by atoms with van der Waals surface area (Å²) in [6, 6.07) is 2.69. The van der Waals surface area contributed by atoms with Gasteiger partial charge < -0.3 is 4.90 Å². The van der Waals surface area contributed by atoms with Crippen molar-refractivity contribution in [1.29, 1.82) is 0 Å². The molecule has 1 saturated heterocycles. The Hall–Kier alpha value is -0.830. The zero-order valence-corrected chi connectivity index (χ0v) is 8.85. The lowest BCUT2D eigenvalue weighted by molar-refractivity contribution is -0.130. The highest BCUT2D eigenvalue weighted by atomic mass is 32.1. The highest BCUT2D eigenvalue weighted by molar-refractivity contribution is 7.10. The van der Waals surface area contributed by atoms with Gasteiger partial charge >= 0.3 is 0 Å². The summed E-state index contributed by atoms with van der Waals surface area (Å²) in [5.41, 5.74) is 1.41. The Bertz CT molecular complexity index is 371. The van der Waals surface area contributed by atoms with Gasteiger partial charge in [-0.2, -0.15) is 0 Å². The van der Waals surface area contributed by atoms with Crippen LogP contribution in [-0.2, 0) is 17.6 Å². The number of thiophene rings is 1. The van der Waals surface area contributed by atoms with Crippen LogP contribution in [0.2, 0.25) is 0 Å². The molecule has 3 heterocycles. The van der Waals surface area contributed by atoms with Gasteiger partial charge in [0, 0.05) is 17.5 Å². The zero-order chi connectivity index (χ0) is 9.54. The molecule has 1 amide bonds. The van der Waals surface area contributed by atoms with Gasteiger partial charge in [-0.1, -0.05) is 0 Å². The van der Waals surface area contributed by atoms with Crippen LogP contribution in [-0.4, -0.2) is 23.4 Å². The zero-order valence-electron chi connectivity index (χ0n) is 8.03. The minimum absolute atomic E-state index is 0.341. The van der Waals surface area contributed by atoms with Gasteiger partial charge in [-0.15, -0.1) is 11.3 Å². The van der Waals surface area contributed by atoms with Crippen molar-refractivity contribution in [3.8, 4) is 0 Å². The molecule has 0 unspecified atom stereocenters. The Balaban J connectivity index is 1.98. The summed E-state index contributed by atoms with van der Waals surface area (Å²) in [5.74, 6) is 0.341. The van der Waals surface area contributed by atoms with E-state index in [4.69, 9.17) is 0 Å². The van der Waals surface area contributed by atoms with Gasteiger partial charge in [-0.05, 0) is 36.3 Å². The molecule has 3 rings (SSSR count). The Labute approximate surface area is 87.5 Å². The molecule has 0 bridgehead atoms. The highest BCUT2D eigenvalue weighted by Gasteiger charge is 2.32. The van der Waals surface area contributed by atoms with Crippen molar-refractivity contribution in [3.63, 3.8) is 0 Å². The van der Waals surface area contributed by atoms with Crippen LogP contribution in [0.5, 0.6) is 0 Å². The molecule has 2 aliphatic rings. The lowest BCUT2D eigenvalue weighted by Gasteiger charge is -2.21. The third-order valence-electron chi connectivity index (χ3n) is 3.30. The first-order valence-corrected chi connectivity index (χ1v) is 6.07. The molecule has 2 nitrogen and oxygen atoms in total. The molecule has 0 aliphatic carbocycles. The maximum atomic E-state index is 11.9. The first-order chi connectivity index (χ1) is 6.84. The van der Waals surface area contributed by atoms with Crippen molar-refractivity contribution in [2.45, 2.75) is 31.7 Å². The third-order valence-corrected chi connectivity index (χ3v) is 4.27. The standard InChI is InChI=1S/C11H13NOS/c13-11-7-10-8(3-5-14-10)6-9-2-1-4-12(9)11/h3,5,9H,1-2,4,6-7H2/t9-/m0/s1. The van der Waals surface area contributed by atoms with E-state index in [9.17, 15) is 4.79 Å². The summed E-state index contributed by atoms with van der Waals surface area (Å²) in [7, 11) is 0. The van der Waals surface area contributed by atoms with Crippen LogP contribution < -0.4 is 0 Å². The average Bonchev–Trinajstić information content (AvgIpc) is 2.75. The second kappa shape index (κ2) is 3.09. The van der Waals surface area contributed by atoms with Crippen LogP contribution in [0.1, 0.15) is 23.3 Å². The van der Waals surface area contributed by atoms with Gasteiger partial charge in [-0.3, -0.25) is 4.79 Å². The first-order valence-electron chi connectivity index (χ1n) is 5.19. The monoisotopic (exact) mass is 207 g/mol. The van der Waals surface area contributed by atoms with E-state index < -0.39 is 0 Å². The molecule has 1 aromatic rings. The van der Waals surface area contributed by atoms with E-state index in [1.165, 1.54) is 23.3 Å². The number of carbonyl (C=O) groups excluding carboxylic acids is 1. The van der Waals surface area contributed by atoms with Gasteiger partial charge in [0.25, 0.3) is 0 Å². The number of amides is 1. The number of hydrogen-bond acceptors (Lipinski definition) is 2. The van der Waals surface area contributed by atoms with Crippen molar-refractivity contribution < 1.29 is 4.79 Å². The highest BCUT2D eigenvalue weighted by Crippen LogP contribution is 2.29. The summed E-state index contributed by atoms with van der Waals surface area (Å²) >= 11 is 1.73. The second-order valence-corrected chi connectivity index (χ2v) is 5.13. The van der Waals surface area contributed by atoms with Gasteiger partial charge in [-0.25, -0.2) is 0 Å². The van der Waals surface area contributed by atoms with Crippen molar-refractivity contribution in [2.24, 2.45) is 0 Å². The smallest absolute Gasteiger partial charge is 0.228 e. The Morgan fingerprint density at radius 2 is 2.43 bits per heavy atom. The van der Waals surface area contributed by atoms with Crippen molar-refractivity contribution in [3.05, 3.63) is 21.9 Å². The van der Waals surface area contributed by atoms with Crippen molar-refractivity contribution in [2.75, 3.05) is 6.54 Å². The molecule has 1 atom stereocenters. The molecular weight excluding hydrogens is 194 g/mol. The number of fused-ring (bicyclic) bond motifs is 2. The summed E-state index contributed by atoms with van der Waals surface area (Å²) in [4.78, 5) is 15.3. The predicted molar refractivity (Wildman–Crippen MR) is 56.5 cm³/mol. The summed E-state index contributed by atoms with van der Waals surface area (Å²) < 4.78 is 0. The Morgan fingerprint density at radius 1 is 1.50 bits per heavy atom. The Kier molecular flexibility index (Phi) is 1.87. The third kappa shape index (κ3) is 1.19. The van der Waals surface area contributed by atoms with Crippen LogP contribution in [0.3, 0.4) is 0 Å². The van der Waals surface area contributed by atoms with Crippen LogP contribution in [0, 0.1) is 0 Å². The second-order valence-electron chi connectivity index (χ2n) is 4.13. The van der Waals surface area contributed by atoms with Crippen molar-refractivity contribution in [1.82, 2.24) is 4.90 Å². The van der Waals surface area contributed by atoms with E-state index in [1.54, 1.807) is 11.3 Å².